The molecule has 4 nitrogen and oxygen atoms in total. The molecule has 1 aliphatic heterocycles. The van der Waals surface area contributed by atoms with E-state index in [-0.39, 0.29) is 24.8 Å². The average molecular weight is 413 g/mol. The Balaban J connectivity index is 0.00000182. The number of halogens is 2. The predicted octanol–water partition coefficient (Wildman–Crippen LogP) is 3.84. The van der Waals surface area contributed by atoms with Crippen molar-refractivity contribution in [2.45, 2.75) is 20.1 Å². The van der Waals surface area contributed by atoms with Crippen LogP contribution in [0.25, 0.3) is 0 Å². The highest BCUT2D eigenvalue weighted by Crippen LogP contribution is 2.19. The molecule has 6 heteroatoms. The smallest absolute Gasteiger partial charge is 0.124 e. The maximum atomic E-state index is 6.04. The fourth-order valence-electron chi connectivity index (χ4n) is 2.92. The molecule has 0 aromatic heterocycles. The van der Waals surface area contributed by atoms with Crippen molar-refractivity contribution in [2.75, 3.05) is 39.4 Å². The topological polar surface area (TPSA) is 33.7 Å². The molecule has 3 rings (SSSR count). The first-order valence-electron chi connectivity index (χ1n) is 9.08. The summed E-state index contributed by atoms with van der Waals surface area (Å²) in [6.07, 6.45) is 0. The molecule has 0 spiro atoms. The van der Waals surface area contributed by atoms with E-state index in [0.29, 0.717) is 6.61 Å². The zero-order valence-corrected chi connectivity index (χ0v) is 17.5. The quantitative estimate of drug-likeness (QED) is 0.667. The van der Waals surface area contributed by atoms with Gasteiger partial charge in [-0.3, -0.25) is 4.90 Å². The number of aryl methyl sites for hydroxylation is 1. The second-order valence-corrected chi connectivity index (χ2v) is 6.51. The van der Waals surface area contributed by atoms with Gasteiger partial charge in [-0.15, -0.1) is 24.8 Å². The SMILES string of the molecule is Cc1ccc(COc2ccccc2CNCCN2CCOCC2)cc1.Cl.Cl. The van der Waals surface area contributed by atoms with Crippen molar-refractivity contribution in [3.05, 3.63) is 65.2 Å². The number of morpholine rings is 1. The Hall–Kier alpha value is -1.30. The molecule has 2 aromatic carbocycles. The summed E-state index contributed by atoms with van der Waals surface area (Å²) in [7, 11) is 0. The Morgan fingerprint density at radius 2 is 1.70 bits per heavy atom. The Kier molecular flexibility index (Phi) is 11.4. The van der Waals surface area contributed by atoms with E-state index in [9.17, 15) is 0 Å². The highest BCUT2D eigenvalue weighted by molar-refractivity contribution is 5.85. The standard InChI is InChI=1S/C21H28N2O2.2ClH/c1-18-6-8-19(9-7-18)17-25-21-5-3-2-4-20(21)16-22-10-11-23-12-14-24-15-13-23;;/h2-9,22H,10-17H2,1H3;2*1H. The van der Waals surface area contributed by atoms with Gasteiger partial charge in [0.2, 0.25) is 0 Å². The molecular weight excluding hydrogens is 383 g/mol. The number of nitrogens with zero attached hydrogens (tertiary/aromatic N) is 1. The maximum Gasteiger partial charge on any atom is 0.124 e. The fraction of sp³-hybridized carbons (Fsp3) is 0.429. The van der Waals surface area contributed by atoms with E-state index < -0.39 is 0 Å². The van der Waals surface area contributed by atoms with Gasteiger partial charge in [0.15, 0.2) is 0 Å². The van der Waals surface area contributed by atoms with E-state index in [1.165, 1.54) is 16.7 Å². The van der Waals surface area contributed by atoms with Crippen molar-refractivity contribution in [1.29, 1.82) is 0 Å². The van der Waals surface area contributed by atoms with E-state index >= 15 is 0 Å². The Bertz CT molecular complexity index is 647. The van der Waals surface area contributed by atoms with Gasteiger partial charge in [0, 0.05) is 38.3 Å². The molecule has 0 bridgehead atoms. The van der Waals surface area contributed by atoms with Crippen molar-refractivity contribution in [3.8, 4) is 5.75 Å². The molecule has 0 saturated carbocycles. The number of benzene rings is 2. The molecule has 0 unspecified atom stereocenters. The first-order chi connectivity index (χ1) is 12.3. The monoisotopic (exact) mass is 412 g/mol. The van der Waals surface area contributed by atoms with Crippen LogP contribution in [0.3, 0.4) is 0 Å². The minimum Gasteiger partial charge on any atom is -0.489 e. The van der Waals surface area contributed by atoms with Crippen LogP contribution in [-0.4, -0.2) is 44.3 Å². The van der Waals surface area contributed by atoms with E-state index in [1.807, 2.05) is 12.1 Å². The van der Waals surface area contributed by atoms with Crippen LogP contribution in [0.4, 0.5) is 0 Å². The molecule has 0 aliphatic carbocycles. The van der Waals surface area contributed by atoms with Crippen LogP contribution < -0.4 is 10.1 Å². The minimum atomic E-state index is 0. The van der Waals surface area contributed by atoms with Crippen molar-refractivity contribution in [3.63, 3.8) is 0 Å². The van der Waals surface area contributed by atoms with Crippen LogP contribution in [0.15, 0.2) is 48.5 Å². The Labute approximate surface area is 175 Å². The number of nitrogens with one attached hydrogen (secondary N) is 1. The van der Waals surface area contributed by atoms with E-state index in [4.69, 9.17) is 9.47 Å². The lowest BCUT2D eigenvalue weighted by molar-refractivity contribution is 0.0384. The summed E-state index contributed by atoms with van der Waals surface area (Å²) in [5.41, 5.74) is 3.67. The largest absolute Gasteiger partial charge is 0.489 e. The molecule has 1 N–H and O–H groups in total. The van der Waals surface area contributed by atoms with Gasteiger partial charge in [0.25, 0.3) is 0 Å². The third-order valence-corrected chi connectivity index (χ3v) is 4.51. The van der Waals surface area contributed by atoms with Gasteiger partial charge in [-0.1, -0.05) is 48.0 Å². The zero-order chi connectivity index (χ0) is 17.3. The van der Waals surface area contributed by atoms with Crippen molar-refractivity contribution >= 4 is 24.8 Å². The first kappa shape index (κ1) is 23.7. The highest BCUT2D eigenvalue weighted by Gasteiger charge is 2.09. The molecule has 150 valence electrons. The lowest BCUT2D eigenvalue weighted by Gasteiger charge is -2.26. The maximum absolute atomic E-state index is 6.04. The summed E-state index contributed by atoms with van der Waals surface area (Å²) in [4.78, 5) is 2.44. The summed E-state index contributed by atoms with van der Waals surface area (Å²) in [6.45, 7) is 9.37. The Morgan fingerprint density at radius 3 is 2.44 bits per heavy atom. The molecule has 1 heterocycles. The second kappa shape index (κ2) is 13.0. The highest BCUT2D eigenvalue weighted by atomic mass is 35.5. The van der Waals surface area contributed by atoms with Gasteiger partial charge in [-0.05, 0) is 18.6 Å². The van der Waals surface area contributed by atoms with Crippen LogP contribution in [0.2, 0.25) is 0 Å². The average Bonchev–Trinajstić information content (AvgIpc) is 2.66. The van der Waals surface area contributed by atoms with Crippen LogP contribution in [0.5, 0.6) is 5.75 Å². The summed E-state index contributed by atoms with van der Waals surface area (Å²) >= 11 is 0. The van der Waals surface area contributed by atoms with Gasteiger partial charge in [0.05, 0.1) is 13.2 Å². The summed E-state index contributed by atoms with van der Waals surface area (Å²) < 4.78 is 11.4. The molecule has 1 aliphatic rings. The zero-order valence-electron chi connectivity index (χ0n) is 15.9. The second-order valence-electron chi connectivity index (χ2n) is 6.51. The van der Waals surface area contributed by atoms with Gasteiger partial charge in [-0.2, -0.15) is 0 Å². The summed E-state index contributed by atoms with van der Waals surface area (Å²) in [5, 5.41) is 3.53. The molecule has 1 saturated heterocycles. The molecule has 0 radical (unpaired) electrons. The summed E-state index contributed by atoms with van der Waals surface area (Å²) in [5.74, 6) is 0.960. The van der Waals surface area contributed by atoms with Crippen molar-refractivity contribution in [2.24, 2.45) is 0 Å². The first-order valence-corrected chi connectivity index (χ1v) is 9.08. The lowest BCUT2D eigenvalue weighted by Crippen LogP contribution is -2.40. The van der Waals surface area contributed by atoms with Crippen LogP contribution in [0, 0.1) is 6.92 Å². The van der Waals surface area contributed by atoms with E-state index in [0.717, 1.165) is 51.7 Å². The summed E-state index contributed by atoms with van der Waals surface area (Å²) in [6, 6.07) is 16.8. The number of hydrogen-bond acceptors (Lipinski definition) is 4. The van der Waals surface area contributed by atoms with Crippen molar-refractivity contribution in [1.82, 2.24) is 10.2 Å². The predicted molar refractivity (Wildman–Crippen MR) is 115 cm³/mol. The fourth-order valence-corrected chi connectivity index (χ4v) is 2.92. The lowest BCUT2D eigenvalue weighted by atomic mass is 10.1. The number of rotatable bonds is 8. The van der Waals surface area contributed by atoms with Gasteiger partial charge in [0.1, 0.15) is 12.4 Å². The van der Waals surface area contributed by atoms with Gasteiger partial charge < -0.3 is 14.8 Å². The van der Waals surface area contributed by atoms with E-state index in [2.05, 4.69) is 53.5 Å². The normalized spacial score (nSPS) is 14.1. The molecule has 0 atom stereocenters. The number of para-hydroxylation sites is 1. The minimum absolute atomic E-state index is 0. The number of ether oxygens (including phenoxy) is 2. The molecule has 0 amide bonds. The van der Waals surface area contributed by atoms with Gasteiger partial charge in [-0.25, -0.2) is 0 Å². The molecule has 2 aromatic rings. The molecular formula is C21H30Cl2N2O2. The van der Waals surface area contributed by atoms with Crippen LogP contribution in [0.1, 0.15) is 16.7 Å². The number of hydrogen-bond donors (Lipinski definition) is 1. The van der Waals surface area contributed by atoms with Crippen LogP contribution >= 0.6 is 24.8 Å². The van der Waals surface area contributed by atoms with Gasteiger partial charge >= 0.3 is 0 Å². The van der Waals surface area contributed by atoms with Crippen molar-refractivity contribution < 1.29 is 9.47 Å². The van der Waals surface area contributed by atoms with Crippen LogP contribution in [-0.2, 0) is 17.9 Å². The third-order valence-electron chi connectivity index (χ3n) is 4.51. The Morgan fingerprint density at radius 1 is 1.00 bits per heavy atom. The molecule has 1 fully saturated rings. The third kappa shape index (κ3) is 8.08. The van der Waals surface area contributed by atoms with E-state index in [1.54, 1.807) is 0 Å². The molecule has 27 heavy (non-hydrogen) atoms.